The Hall–Kier alpha value is -3.34. The lowest BCUT2D eigenvalue weighted by atomic mass is 9.96. The van der Waals surface area contributed by atoms with E-state index in [9.17, 15) is 4.79 Å². The van der Waals surface area contributed by atoms with Crippen molar-refractivity contribution in [3.63, 3.8) is 0 Å². The minimum absolute atomic E-state index is 0.00931. The number of aromatic nitrogens is 4. The molecule has 39 heavy (non-hydrogen) atoms. The predicted octanol–water partition coefficient (Wildman–Crippen LogP) is 5.47. The van der Waals surface area contributed by atoms with Crippen LogP contribution >= 0.6 is 23.1 Å². The van der Waals surface area contributed by atoms with Gasteiger partial charge < -0.3 is 14.2 Å². The van der Waals surface area contributed by atoms with E-state index in [1.165, 1.54) is 5.56 Å². The van der Waals surface area contributed by atoms with Crippen molar-refractivity contribution in [3.05, 3.63) is 80.5 Å². The van der Waals surface area contributed by atoms with E-state index >= 15 is 0 Å². The third-order valence-corrected chi connectivity index (χ3v) is 9.63. The normalized spacial score (nSPS) is 16.4. The van der Waals surface area contributed by atoms with Crippen LogP contribution in [0.15, 0.2) is 58.5 Å². The van der Waals surface area contributed by atoms with Crippen molar-refractivity contribution in [3.8, 4) is 11.5 Å². The predicted molar refractivity (Wildman–Crippen MR) is 152 cm³/mol. The molecule has 0 saturated heterocycles. The molecule has 2 aromatic carbocycles. The third kappa shape index (κ3) is 4.40. The van der Waals surface area contributed by atoms with Crippen LogP contribution in [0.3, 0.4) is 0 Å². The maximum absolute atomic E-state index is 14.1. The SMILES string of the molecule is CC(C)[C@H]1Cc2c(sc3c2c(=O)n(CCc2ccccc2)c2nnc(SCc4ccc5c(c4)OCO5)n32)CO1. The van der Waals surface area contributed by atoms with Crippen LogP contribution in [-0.2, 0) is 36.5 Å². The molecule has 0 unspecified atom stereocenters. The highest BCUT2D eigenvalue weighted by atomic mass is 32.2. The first-order valence-electron chi connectivity index (χ1n) is 13.2. The molecule has 8 nitrogen and oxygen atoms in total. The number of fused-ring (bicyclic) bond motifs is 6. The van der Waals surface area contributed by atoms with E-state index in [1.54, 1.807) is 27.7 Å². The first-order chi connectivity index (χ1) is 19.1. The van der Waals surface area contributed by atoms with E-state index in [0.717, 1.165) is 55.7 Å². The van der Waals surface area contributed by atoms with Crippen LogP contribution in [0.2, 0.25) is 0 Å². The summed E-state index contributed by atoms with van der Waals surface area (Å²) in [5.41, 5.74) is 3.42. The molecule has 5 aromatic rings. The fourth-order valence-electron chi connectivity index (χ4n) is 5.28. The molecule has 0 aliphatic carbocycles. The van der Waals surface area contributed by atoms with Gasteiger partial charge in [-0.15, -0.1) is 21.5 Å². The van der Waals surface area contributed by atoms with Gasteiger partial charge in [0.1, 0.15) is 4.83 Å². The second-order valence-electron chi connectivity index (χ2n) is 10.3. The summed E-state index contributed by atoms with van der Waals surface area (Å²) in [6, 6.07) is 16.2. The number of hydrogen-bond acceptors (Lipinski definition) is 8. The van der Waals surface area contributed by atoms with Gasteiger partial charge in [0.15, 0.2) is 16.7 Å². The van der Waals surface area contributed by atoms with Crippen molar-refractivity contribution in [1.29, 1.82) is 0 Å². The zero-order valence-electron chi connectivity index (χ0n) is 21.8. The van der Waals surface area contributed by atoms with Gasteiger partial charge in [0, 0.05) is 23.6 Å². The number of ether oxygens (including phenoxy) is 3. The van der Waals surface area contributed by atoms with Crippen molar-refractivity contribution in [2.24, 2.45) is 5.92 Å². The summed E-state index contributed by atoms with van der Waals surface area (Å²) in [7, 11) is 0. The van der Waals surface area contributed by atoms with Crippen molar-refractivity contribution < 1.29 is 14.2 Å². The first kappa shape index (κ1) is 24.7. The molecular formula is C29H28N4O4S2. The molecule has 0 bridgehead atoms. The molecule has 2 aliphatic heterocycles. The minimum Gasteiger partial charge on any atom is -0.454 e. The number of thioether (sulfide) groups is 1. The maximum atomic E-state index is 14.1. The average molecular weight is 561 g/mol. The highest BCUT2D eigenvalue weighted by molar-refractivity contribution is 7.98. The standard InChI is InChI=1S/C29H28N4O4S2/c1-17(2)22-13-20-24(14-35-22)39-27-25(20)26(34)32(11-10-18-6-4-3-5-7-18)28-30-31-29(33(27)28)38-15-19-8-9-21-23(12-19)37-16-36-21/h3-9,12,17,22H,10-11,13-16H2,1-2H3/t22-/m1/s1. The summed E-state index contributed by atoms with van der Waals surface area (Å²) in [5.74, 6) is 3.18. The van der Waals surface area contributed by atoms with Gasteiger partial charge in [0.2, 0.25) is 12.6 Å². The lowest BCUT2D eigenvalue weighted by Gasteiger charge is -2.26. The van der Waals surface area contributed by atoms with Crippen LogP contribution in [0.25, 0.3) is 16.0 Å². The molecule has 7 rings (SSSR count). The van der Waals surface area contributed by atoms with Crippen LogP contribution in [0, 0.1) is 5.92 Å². The summed E-state index contributed by atoms with van der Waals surface area (Å²) in [5, 5.41) is 10.7. The van der Waals surface area contributed by atoms with Gasteiger partial charge in [-0.3, -0.25) is 9.36 Å². The molecule has 10 heteroatoms. The quantitative estimate of drug-likeness (QED) is 0.244. The Morgan fingerprint density at radius 3 is 2.77 bits per heavy atom. The Labute approximate surface area is 233 Å². The van der Waals surface area contributed by atoms with Crippen LogP contribution in [0.1, 0.15) is 35.4 Å². The second-order valence-corrected chi connectivity index (χ2v) is 12.3. The third-order valence-electron chi connectivity index (χ3n) is 7.44. The fourth-order valence-corrected chi connectivity index (χ4v) is 7.45. The van der Waals surface area contributed by atoms with Gasteiger partial charge >= 0.3 is 0 Å². The number of thiophene rings is 1. The van der Waals surface area contributed by atoms with Gasteiger partial charge in [0.05, 0.1) is 18.1 Å². The summed E-state index contributed by atoms with van der Waals surface area (Å²) in [4.78, 5) is 16.1. The number of benzene rings is 2. The van der Waals surface area contributed by atoms with Gasteiger partial charge in [-0.25, -0.2) is 4.40 Å². The smallest absolute Gasteiger partial charge is 0.263 e. The Kier molecular flexibility index (Phi) is 6.33. The van der Waals surface area contributed by atoms with E-state index in [1.807, 2.05) is 36.4 Å². The van der Waals surface area contributed by atoms with Crippen LogP contribution in [0.5, 0.6) is 11.5 Å². The van der Waals surface area contributed by atoms with Crippen molar-refractivity contribution in [2.45, 2.75) is 56.9 Å². The highest BCUT2D eigenvalue weighted by Gasteiger charge is 2.30. The molecule has 0 N–H and O–H groups in total. The summed E-state index contributed by atoms with van der Waals surface area (Å²) >= 11 is 3.24. The molecule has 0 amide bonds. The van der Waals surface area contributed by atoms with Crippen molar-refractivity contribution in [2.75, 3.05) is 6.79 Å². The monoisotopic (exact) mass is 560 g/mol. The van der Waals surface area contributed by atoms with Gasteiger partial charge in [-0.05, 0) is 41.2 Å². The Morgan fingerprint density at radius 1 is 1.08 bits per heavy atom. The Balaban J connectivity index is 1.32. The number of nitrogens with zero attached hydrogens (tertiary/aromatic N) is 4. The second kappa shape index (κ2) is 10.0. The maximum Gasteiger partial charge on any atom is 0.263 e. The zero-order valence-corrected chi connectivity index (χ0v) is 23.4. The lowest BCUT2D eigenvalue weighted by Crippen LogP contribution is -2.29. The van der Waals surface area contributed by atoms with Crippen molar-refractivity contribution in [1.82, 2.24) is 19.2 Å². The average Bonchev–Trinajstić information content (AvgIpc) is 3.68. The zero-order chi connectivity index (χ0) is 26.5. The van der Waals surface area contributed by atoms with E-state index in [0.29, 0.717) is 30.6 Å². The largest absolute Gasteiger partial charge is 0.454 e. The molecule has 3 aromatic heterocycles. The summed E-state index contributed by atoms with van der Waals surface area (Å²) < 4.78 is 21.1. The molecule has 0 saturated carbocycles. The Morgan fingerprint density at radius 2 is 1.92 bits per heavy atom. The van der Waals surface area contributed by atoms with Crippen molar-refractivity contribution >= 4 is 39.1 Å². The molecule has 0 spiro atoms. The molecule has 2 aliphatic rings. The van der Waals surface area contributed by atoms with Gasteiger partial charge in [-0.1, -0.05) is 62.0 Å². The highest BCUT2D eigenvalue weighted by Crippen LogP contribution is 2.38. The van der Waals surface area contributed by atoms with Gasteiger partial charge in [-0.2, -0.15) is 0 Å². The number of rotatable bonds is 7. The Bertz CT molecular complexity index is 1740. The van der Waals surface area contributed by atoms with Crippen LogP contribution in [0.4, 0.5) is 0 Å². The van der Waals surface area contributed by atoms with E-state index in [-0.39, 0.29) is 18.5 Å². The topological polar surface area (TPSA) is 79.9 Å². The van der Waals surface area contributed by atoms with E-state index in [4.69, 9.17) is 14.2 Å². The van der Waals surface area contributed by atoms with E-state index < -0.39 is 0 Å². The minimum atomic E-state index is 0.00931. The summed E-state index contributed by atoms with van der Waals surface area (Å²) in [6.07, 6.45) is 1.58. The first-order valence-corrected chi connectivity index (χ1v) is 15.0. The van der Waals surface area contributed by atoms with Crippen LogP contribution < -0.4 is 15.0 Å². The van der Waals surface area contributed by atoms with Crippen LogP contribution in [-0.4, -0.2) is 32.1 Å². The van der Waals surface area contributed by atoms with Gasteiger partial charge in [0.25, 0.3) is 5.56 Å². The lowest BCUT2D eigenvalue weighted by molar-refractivity contribution is 0.00200. The molecule has 0 radical (unpaired) electrons. The molecule has 200 valence electrons. The number of hydrogen-bond donors (Lipinski definition) is 0. The fraction of sp³-hybridized carbons (Fsp3) is 0.345. The molecular weight excluding hydrogens is 532 g/mol. The van der Waals surface area contributed by atoms with E-state index in [2.05, 4.69) is 40.6 Å². The summed E-state index contributed by atoms with van der Waals surface area (Å²) in [6.45, 7) is 5.66. The molecule has 1 atom stereocenters. The molecule has 0 fully saturated rings. The molecule has 5 heterocycles. The number of aryl methyl sites for hydroxylation is 2.